The molecule has 4 aromatic rings. The second kappa shape index (κ2) is 10.8. The summed E-state index contributed by atoms with van der Waals surface area (Å²) in [5.41, 5.74) is 1.03. The predicted octanol–water partition coefficient (Wildman–Crippen LogP) is 2.58. The summed E-state index contributed by atoms with van der Waals surface area (Å²) in [5, 5.41) is 7.44. The van der Waals surface area contributed by atoms with Crippen LogP contribution >= 0.6 is 7.26 Å². The van der Waals surface area contributed by atoms with E-state index in [1.807, 2.05) is 24.3 Å². The molecule has 0 bridgehead atoms. The highest BCUT2D eigenvalue weighted by Gasteiger charge is 2.43. The van der Waals surface area contributed by atoms with Crippen LogP contribution < -0.4 is 38.4 Å². The average molecular weight is 446 g/mol. The van der Waals surface area contributed by atoms with Crippen molar-refractivity contribution in [2.75, 3.05) is 12.4 Å². The number of anilines is 1. The zero-order valence-corrected chi connectivity index (χ0v) is 19.0. The number of ether oxygens (including phenoxy) is 1. The van der Waals surface area contributed by atoms with Crippen molar-refractivity contribution in [1.29, 1.82) is 0 Å². The molecule has 0 saturated carbocycles. The Balaban J connectivity index is 0.00000272. The summed E-state index contributed by atoms with van der Waals surface area (Å²) in [4.78, 5) is 0. The highest BCUT2D eigenvalue weighted by molar-refractivity contribution is 7.98. The van der Waals surface area contributed by atoms with Crippen molar-refractivity contribution in [1.82, 2.24) is 0 Å². The van der Waals surface area contributed by atoms with Crippen LogP contribution in [0.25, 0.3) is 0 Å². The lowest BCUT2D eigenvalue weighted by Crippen LogP contribution is -3.00. The first-order valence-electron chi connectivity index (χ1n) is 9.97. The molecule has 2 nitrogen and oxygen atoms in total. The van der Waals surface area contributed by atoms with Crippen LogP contribution in [0.5, 0.6) is 5.75 Å². The van der Waals surface area contributed by atoms with Crippen molar-refractivity contribution in [2.24, 2.45) is 0 Å². The Kier molecular flexibility index (Phi) is 7.89. The highest BCUT2D eigenvalue weighted by atomic mass is 35.5. The molecule has 1 N–H and O–H groups in total. The van der Waals surface area contributed by atoms with Crippen molar-refractivity contribution in [3.63, 3.8) is 0 Å². The van der Waals surface area contributed by atoms with E-state index < -0.39 is 7.26 Å². The van der Waals surface area contributed by atoms with Gasteiger partial charge in [-0.15, -0.1) is 0 Å². The van der Waals surface area contributed by atoms with Gasteiger partial charge in [-0.1, -0.05) is 54.6 Å². The van der Waals surface area contributed by atoms with E-state index in [0.717, 1.165) is 11.4 Å². The van der Waals surface area contributed by atoms with Crippen LogP contribution in [-0.4, -0.2) is 7.11 Å². The lowest BCUT2D eigenvalue weighted by atomic mass is 10.3. The van der Waals surface area contributed by atoms with Gasteiger partial charge in [0.25, 0.3) is 0 Å². The minimum atomic E-state index is -1.97. The first-order valence-corrected chi connectivity index (χ1v) is 11.8. The van der Waals surface area contributed by atoms with Crippen molar-refractivity contribution in [3.8, 4) is 5.75 Å². The average Bonchev–Trinajstić information content (AvgIpc) is 2.84. The largest absolute Gasteiger partial charge is 1.00 e. The van der Waals surface area contributed by atoms with Gasteiger partial charge in [-0.2, -0.15) is 0 Å². The predicted molar refractivity (Wildman–Crippen MR) is 131 cm³/mol. The molecule has 0 atom stereocenters. The van der Waals surface area contributed by atoms with E-state index in [1.54, 1.807) is 7.11 Å². The number of methoxy groups -OCH3 is 1. The molecular weight excluding hydrogens is 421 g/mol. The van der Waals surface area contributed by atoms with E-state index in [0.29, 0.717) is 0 Å². The summed E-state index contributed by atoms with van der Waals surface area (Å²) in [7, 11) is -0.292. The smallest absolute Gasteiger partial charge is 0.138 e. The van der Waals surface area contributed by atoms with Crippen molar-refractivity contribution < 1.29 is 17.1 Å². The number of hydrogen-bond donors (Lipinski definition) is 1. The first kappa shape index (κ1) is 22.6. The topological polar surface area (TPSA) is 21.3 Å². The van der Waals surface area contributed by atoms with Crippen LogP contribution in [-0.2, 0) is 0 Å². The number of halogens is 1. The third kappa shape index (κ3) is 4.99. The number of benzene rings is 4. The Hall–Kier alpha value is -3.06. The van der Waals surface area contributed by atoms with E-state index in [4.69, 9.17) is 4.74 Å². The fraction of sp³-hybridized carbons (Fsp3) is 0.0370. The molecule has 0 radical (unpaired) electrons. The molecule has 0 aromatic heterocycles. The van der Waals surface area contributed by atoms with Gasteiger partial charge in [0.05, 0.1) is 12.9 Å². The monoisotopic (exact) mass is 445 g/mol. The maximum absolute atomic E-state index is 5.26. The molecule has 0 fully saturated rings. The van der Waals surface area contributed by atoms with E-state index >= 15 is 0 Å². The Bertz CT molecular complexity index is 988. The Morgan fingerprint density at radius 3 is 1.42 bits per heavy atom. The normalized spacial score (nSPS) is 11.0. The van der Waals surface area contributed by atoms with Gasteiger partial charge < -0.3 is 22.5 Å². The van der Waals surface area contributed by atoms with Crippen LogP contribution in [0.3, 0.4) is 0 Å². The zero-order valence-electron chi connectivity index (χ0n) is 17.4. The van der Waals surface area contributed by atoms with Crippen LogP contribution in [0, 0.1) is 0 Å². The zero-order chi connectivity index (χ0) is 20.7. The molecule has 0 heterocycles. The van der Waals surface area contributed by atoms with Gasteiger partial charge in [0.1, 0.15) is 28.9 Å². The number of nitrogens with one attached hydrogen (secondary N) is 1. The molecule has 0 aliphatic rings. The minimum absolute atomic E-state index is 0. The van der Waals surface area contributed by atoms with Gasteiger partial charge >= 0.3 is 0 Å². The van der Waals surface area contributed by atoms with Crippen molar-refractivity contribution in [2.45, 2.75) is 0 Å². The third-order valence-corrected chi connectivity index (χ3v) is 9.06. The number of hydrogen-bond acceptors (Lipinski definition) is 2. The maximum atomic E-state index is 5.26. The molecule has 4 rings (SSSR count). The fourth-order valence-electron chi connectivity index (χ4n) is 3.63. The third-order valence-electron chi connectivity index (χ3n) is 5.13. The second-order valence-electron chi connectivity index (χ2n) is 6.92. The molecule has 0 unspecified atom stereocenters. The van der Waals surface area contributed by atoms with Crippen molar-refractivity contribution in [3.05, 3.63) is 127 Å². The highest BCUT2D eigenvalue weighted by Crippen LogP contribution is 2.56. The van der Waals surface area contributed by atoms with Crippen LogP contribution in [0.4, 0.5) is 5.69 Å². The van der Waals surface area contributed by atoms with Crippen LogP contribution in [0.1, 0.15) is 0 Å². The summed E-state index contributed by atoms with van der Waals surface area (Å²) in [5.74, 6) is 3.21. The molecular formula is C27H25ClNOP. The molecule has 0 amide bonds. The van der Waals surface area contributed by atoms with Crippen LogP contribution in [0.15, 0.2) is 127 Å². The molecule has 0 spiro atoms. The molecule has 4 heteroatoms. The summed E-state index contributed by atoms with van der Waals surface area (Å²) in [6.45, 7) is 0. The van der Waals surface area contributed by atoms with E-state index in [2.05, 4.69) is 108 Å². The Morgan fingerprint density at radius 1 is 0.613 bits per heavy atom. The van der Waals surface area contributed by atoms with Crippen LogP contribution in [0.2, 0.25) is 0 Å². The summed E-state index contributed by atoms with van der Waals surface area (Å²) in [6, 6.07) is 40.4. The molecule has 156 valence electrons. The van der Waals surface area contributed by atoms with E-state index in [-0.39, 0.29) is 12.4 Å². The summed E-state index contributed by atoms with van der Waals surface area (Å²) < 4.78 is 5.26. The van der Waals surface area contributed by atoms with Gasteiger partial charge in [0.2, 0.25) is 0 Å². The maximum Gasteiger partial charge on any atom is 0.138 e. The number of rotatable bonds is 7. The SMILES string of the molecule is COc1ccc(NC=C[P+](c2ccccc2)(c2ccccc2)c2ccccc2)cc1.[Cl-]. The standard InChI is InChI=1S/C27H25NOP.ClH/c1-29-24-19-17-23(18-20-24)28-21-22-30(25-11-5-2-6-12-25,26-13-7-3-8-14-26)27-15-9-4-10-16-27;/h2-22,28H,1H3;1H/q+1;/p-1. The Labute approximate surface area is 191 Å². The second-order valence-corrected chi connectivity index (χ2v) is 10.2. The Morgan fingerprint density at radius 2 is 1.03 bits per heavy atom. The molecule has 0 saturated heterocycles. The van der Waals surface area contributed by atoms with E-state index in [9.17, 15) is 0 Å². The molecule has 0 aliphatic heterocycles. The van der Waals surface area contributed by atoms with Gasteiger partial charge in [-0.05, 0) is 60.7 Å². The summed E-state index contributed by atoms with van der Waals surface area (Å²) >= 11 is 0. The van der Waals surface area contributed by atoms with Gasteiger partial charge in [0.15, 0.2) is 0 Å². The minimum Gasteiger partial charge on any atom is -1.00 e. The molecule has 0 aliphatic carbocycles. The molecule has 31 heavy (non-hydrogen) atoms. The van der Waals surface area contributed by atoms with Gasteiger partial charge in [-0.25, -0.2) is 0 Å². The lowest BCUT2D eigenvalue weighted by Gasteiger charge is -2.24. The molecule has 4 aromatic carbocycles. The van der Waals surface area contributed by atoms with Crippen molar-refractivity contribution >= 4 is 28.9 Å². The first-order chi connectivity index (χ1) is 14.8. The quantitative estimate of drug-likeness (QED) is 0.441. The summed E-state index contributed by atoms with van der Waals surface area (Å²) in [6.07, 6.45) is 2.09. The fourth-order valence-corrected chi connectivity index (χ4v) is 7.26. The lowest BCUT2D eigenvalue weighted by molar-refractivity contribution is -0.00000608. The van der Waals surface area contributed by atoms with E-state index in [1.165, 1.54) is 15.9 Å². The van der Waals surface area contributed by atoms with Gasteiger partial charge in [-0.3, -0.25) is 0 Å². The van der Waals surface area contributed by atoms with Gasteiger partial charge in [0, 0.05) is 11.9 Å².